The van der Waals surface area contributed by atoms with E-state index < -0.39 is 5.91 Å². The van der Waals surface area contributed by atoms with Crippen LogP contribution in [0.4, 0.5) is 0 Å². The van der Waals surface area contributed by atoms with Gasteiger partial charge in [-0.3, -0.25) is 19.5 Å². The van der Waals surface area contributed by atoms with Crippen LogP contribution in [0.2, 0.25) is 0 Å². The number of hydrogen-bond acceptors (Lipinski definition) is 5. The number of nitrogens with two attached hydrogens (primary N) is 1. The van der Waals surface area contributed by atoms with Crippen LogP contribution in [-0.2, 0) is 6.54 Å². The minimum atomic E-state index is -0.437. The summed E-state index contributed by atoms with van der Waals surface area (Å²) in [5.74, 6) is -0.463. The molecule has 0 unspecified atom stereocenters. The first-order valence-electron chi connectivity index (χ1n) is 11.0. The first kappa shape index (κ1) is 22.9. The van der Waals surface area contributed by atoms with Crippen molar-refractivity contribution in [2.75, 3.05) is 27.2 Å². The molecule has 0 saturated carbocycles. The molecule has 1 fully saturated rings. The van der Waals surface area contributed by atoms with Gasteiger partial charge in [0.05, 0.1) is 5.51 Å². The van der Waals surface area contributed by atoms with E-state index in [1.807, 2.05) is 54.2 Å². The second-order valence-corrected chi connectivity index (χ2v) is 9.42. The fourth-order valence-electron chi connectivity index (χ4n) is 4.21. The first-order chi connectivity index (χ1) is 15.9. The first-order valence-corrected chi connectivity index (χ1v) is 11.8. The molecule has 0 spiro atoms. The van der Waals surface area contributed by atoms with Gasteiger partial charge in [0.25, 0.3) is 5.91 Å². The van der Waals surface area contributed by atoms with Crippen molar-refractivity contribution in [2.45, 2.75) is 19.4 Å². The number of rotatable bonds is 6. The minimum Gasteiger partial charge on any atom is -0.366 e. The largest absolute Gasteiger partial charge is 0.366 e. The highest BCUT2D eigenvalue weighted by Crippen LogP contribution is 2.33. The summed E-state index contributed by atoms with van der Waals surface area (Å²) in [7, 11) is 3.50. The third-order valence-corrected chi connectivity index (χ3v) is 6.70. The number of benzene rings is 2. The van der Waals surface area contributed by atoms with E-state index in [1.165, 1.54) is 10.5 Å². The van der Waals surface area contributed by atoms with Crippen molar-refractivity contribution in [1.82, 2.24) is 14.8 Å². The molecule has 2 N–H and O–H groups in total. The Hall–Kier alpha value is -3.29. The molecule has 1 aromatic heterocycles. The van der Waals surface area contributed by atoms with Gasteiger partial charge < -0.3 is 10.6 Å². The number of primary amides is 1. The average molecular weight is 461 g/mol. The normalized spacial score (nSPS) is 14.2. The van der Waals surface area contributed by atoms with Crippen LogP contribution < -0.4 is 5.73 Å². The highest BCUT2D eigenvalue weighted by atomic mass is 32.1. The third kappa shape index (κ3) is 5.38. The van der Waals surface area contributed by atoms with Crippen LogP contribution in [0.5, 0.6) is 0 Å². The summed E-state index contributed by atoms with van der Waals surface area (Å²) in [6.07, 6.45) is 3.81. The zero-order valence-corrected chi connectivity index (χ0v) is 19.8. The predicted octanol–water partition coefficient (Wildman–Crippen LogP) is 4.04. The van der Waals surface area contributed by atoms with Crippen molar-refractivity contribution in [2.24, 2.45) is 5.73 Å². The van der Waals surface area contributed by atoms with Gasteiger partial charge in [-0.05, 0) is 53.8 Å². The van der Waals surface area contributed by atoms with Crippen molar-refractivity contribution in [3.63, 3.8) is 0 Å². The Balaban J connectivity index is 1.67. The van der Waals surface area contributed by atoms with Crippen molar-refractivity contribution < 1.29 is 9.59 Å². The second kappa shape index (κ2) is 10.1. The summed E-state index contributed by atoms with van der Waals surface area (Å²) in [5, 5.41) is 0. The molecule has 0 bridgehead atoms. The van der Waals surface area contributed by atoms with Crippen LogP contribution in [0.15, 0.2) is 65.8 Å². The lowest BCUT2D eigenvalue weighted by Crippen LogP contribution is -2.30. The highest BCUT2D eigenvalue weighted by molar-refractivity contribution is 7.09. The van der Waals surface area contributed by atoms with Gasteiger partial charge in [0.2, 0.25) is 5.91 Å². The van der Waals surface area contributed by atoms with Gasteiger partial charge in [-0.15, -0.1) is 11.3 Å². The molecule has 6 nitrogen and oxygen atoms in total. The zero-order chi connectivity index (χ0) is 23.4. The van der Waals surface area contributed by atoms with Gasteiger partial charge in [-0.2, -0.15) is 0 Å². The summed E-state index contributed by atoms with van der Waals surface area (Å²) < 4.78 is 0. The Kier molecular flexibility index (Phi) is 7.01. The summed E-state index contributed by atoms with van der Waals surface area (Å²) >= 11 is 1.69. The van der Waals surface area contributed by atoms with E-state index in [2.05, 4.69) is 9.88 Å². The van der Waals surface area contributed by atoms with Crippen LogP contribution in [0.3, 0.4) is 0 Å². The molecule has 1 saturated heterocycles. The topological polar surface area (TPSA) is 79.5 Å². The van der Waals surface area contributed by atoms with E-state index in [4.69, 9.17) is 5.73 Å². The molecule has 170 valence electrons. The molecule has 2 amide bonds. The van der Waals surface area contributed by atoms with E-state index in [0.29, 0.717) is 11.1 Å². The number of amides is 2. The Morgan fingerprint density at radius 3 is 2.27 bits per heavy atom. The molecule has 0 atom stereocenters. The van der Waals surface area contributed by atoms with Crippen LogP contribution in [-0.4, -0.2) is 53.8 Å². The smallest absolute Gasteiger partial charge is 0.253 e. The van der Waals surface area contributed by atoms with E-state index >= 15 is 0 Å². The quantitative estimate of drug-likeness (QED) is 0.602. The molecule has 2 aromatic carbocycles. The molecule has 1 aliphatic heterocycles. The molecule has 2 heterocycles. The van der Waals surface area contributed by atoms with Gasteiger partial charge in [0.1, 0.15) is 0 Å². The zero-order valence-electron chi connectivity index (χ0n) is 19.0. The fourth-order valence-corrected chi connectivity index (χ4v) is 4.85. The van der Waals surface area contributed by atoms with E-state index in [1.54, 1.807) is 36.4 Å². The molecular weight excluding hydrogens is 432 g/mol. The number of piperidine rings is 1. The van der Waals surface area contributed by atoms with Crippen LogP contribution >= 0.6 is 11.3 Å². The summed E-state index contributed by atoms with van der Waals surface area (Å²) in [6, 6.07) is 15.2. The number of thiazole rings is 1. The number of hydrogen-bond donors (Lipinski definition) is 1. The Morgan fingerprint density at radius 2 is 1.67 bits per heavy atom. The fraction of sp³-hybridized carbons (Fsp3) is 0.269. The van der Waals surface area contributed by atoms with E-state index in [-0.39, 0.29) is 5.91 Å². The van der Waals surface area contributed by atoms with E-state index in [9.17, 15) is 9.59 Å². The second-order valence-electron chi connectivity index (χ2n) is 8.44. The minimum absolute atomic E-state index is 0.0251. The highest BCUT2D eigenvalue weighted by Gasteiger charge is 2.20. The number of likely N-dealkylation sites (tertiary alicyclic amines) is 1. The predicted molar refractivity (Wildman–Crippen MR) is 132 cm³/mol. The average Bonchev–Trinajstić information content (AvgIpc) is 3.33. The van der Waals surface area contributed by atoms with Crippen molar-refractivity contribution >= 4 is 28.7 Å². The number of aromatic nitrogens is 1. The SMILES string of the molecule is CN(C)C(=O)c1ccc(C(=C2CCN(Cc3cncs3)CC2)c2cccc(C(N)=O)c2)cc1. The molecule has 4 rings (SSSR count). The Labute approximate surface area is 198 Å². The van der Waals surface area contributed by atoms with Gasteiger partial charge >= 0.3 is 0 Å². The van der Waals surface area contributed by atoms with Gasteiger partial charge in [0.15, 0.2) is 0 Å². The lowest BCUT2D eigenvalue weighted by molar-refractivity contribution is 0.0827. The number of carbonyl (C=O) groups excluding carboxylic acids is 2. The van der Waals surface area contributed by atoms with Gasteiger partial charge in [0, 0.05) is 55.9 Å². The monoisotopic (exact) mass is 460 g/mol. The molecule has 7 heteroatoms. The molecule has 1 aliphatic rings. The van der Waals surface area contributed by atoms with Crippen LogP contribution in [0.1, 0.15) is 49.6 Å². The molecule has 0 radical (unpaired) electrons. The third-order valence-electron chi connectivity index (χ3n) is 5.94. The maximum Gasteiger partial charge on any atom is 0.253 e. The standard InChI is InChI=1S/C26H28N4O2S/c1-29(2)26(32)20-8-6-18(7-9-20)24(21-4-3-5-22(14-21)25(27)31)19-10-12-30(13-11-19)16-23-15-28-17-33-23/h3-9,14-15,17H,10-13,16H2,1-2H3,(H2,27,31). The van der Waals surface area contributed by atoms with Gasteiger partial charge in [-0.1, -0.05) is 29.8 Å². The maximum absolute atomic E-state index is 12.3. The van der Waals surface area contributed by atoms with Gasteiger partial charge in [-0.25, -0.2) is 0 Å². The van der Waals surface area contributed by atoms with Crippen molar-refractivity contribution in [3.8, 4) is 0 Å². The number of nitrogens with zero attached hydrogens (tertiary/aromatic N) is 3. The molecule has 3 aromatic rings. The van der Waals surface area contributed by atoms with Crippen molar-refractivity contribution in [3.05, 3.63) is 92.9 Å². The molecular formula is C26H28N4O2S. The molecule has 33 heavy (non-hydrogen) atoms. The van der Waals surface area contributed by atoms with Crippen molar-refractivity contribution in [1.29, 1.82) is 0 Å². The summed E-state index contributed by atoms with van der Waals surface area (Å²) in [4.78, 5) is 33.6. The molecule has 0 aliphatic carbocycles. The Morgan fingerprint density at radius 1 is 1.00 bits per heavy atom. The lowest BCUT2D eigenvalue weighted by atomic mass is 9.87. The van der Waals surface area contributed by atoms with E-state index in [0.717, 1.165) is 49.2 Å². The van der Waals surface area contributed by atoms with Crippen LogP contribution in [0, 0.1) is 0 Å². The van der Waals surface area contributed by atoms with Crippen LogP contribution in [0.25, 0.3) is 5.57 Å². The summed E-state index contributed by atoms with van der Waals surface area (Å²) in [5.41, 5.74) is 13.1. The maximum atomic E-state index is 12.3. The lowest BCUT2D eigenvalue weighted by Gasteiger charge is -2.30. The summed E-state index contributed by atoms with van der Waals surface area (Å²) in [6.45, 7) is 2.85. The number of carbonyl (C=O) groups is 2. The Bertz CT molecular complexity index is 1160.